The average Bonchev–Trinajstić information content (AvgIpc) is 3.34. The van der Waals surface area contributed by atoms with Crippen LogP contribution in [0, 0.1) is 10.1 Å². The first-order chi connectivity index (χ1) is 15.1. The topological polar surface area (TPSA) is 72.8 Å². The molecule has 2 fully saturated rings. The molecule has 1 aromatic heterocycles. The van der Waals surface area contributed by atoms with Gasteiger partial charge in [-0.05, 0) is 43.9 Å². The number of piperazine rings is 1. The van der Waals surface area contributed by atoms with Crippen molar-refractivity contribution in [2.24, 2.45) is 0 Å². The van der Waals surface area contributed by atoms with Gasteiger partial charge in [0.05, 0.1) is 42.7 Å². The third-order valence-electron chi connectivity index (χ3n) is 6.88. The highest BCUT2D eigenvalue weighted by Gasteiger charge is 2.35. The van der Waals surface area contributed by atoms with Crippen molar-refractivity contribution in [1.29, 1.82) is 0 Å². The van der Waals surface area contributed by atoms with E-state index in [1.165, 1.54) is 30.3 Å². The van der Waals surface area contributed by atoms with E-state index in [0.29, 0.717) is 16.9 Å². The van der Waals surface area contributed by atoms with E-state index in [2.05, 4.69) is 4.90 Å². The molecule has 3 aromatic rings. The molecular formula is C24H27N4O3+. The van der Waals surface area contributed by atoms with E-state index in [9.17, 15) is 14.9 Å². The van der Waals surface area contributed by atoms with Crippen molar-refractivity contribution in [2.75, 3.05) is 31.1 Å². The molecule has 160 valence electrons. The molecule has 0 bridgehead atoms. The maximum absolute atomic E-state index is 13.5. The standard InChI is InChI=1S/C24H26N4O3/c29-24-23(28(30)31)22(26-16-14-25(15-17-26)18-8-4-5-9-18)20-12-6-7-13-21(20)27(24)19-10-2-1-3-11-19/h1-3,6-7,10-13,18H,4-5,8-9,14-17H2/p+1. The van der Waals surface area contributed by atoms with Gasteiger partial charge in [-0.2, -0.15) is 0 Å². The number of aromatic nitrogens is 1. The molecule has 0 atom stereocenters. The highest BCUT2D eigenvalue weighted by Crippen LogP contribution is 2.34. The van der Waals surface area contributed by atoms with Gasteiger partial charge in [0.15, 0.2) is 0 Å². The van der Waals surface area contributed by atoms with Crippen LogP contribution in [-0.4, -0.2) is 41.7 Å². The van der Waals surface area contributed by atoms with Crippen molar-refractivity contribution in [3.63, 3.8) is 0 Å². The summed E-state index contributed by atoms with van der Waals surface area (Å²) in [5.41, 5.74) is 0.907. The second-order valence-corrected chi connectivity index (χ2v) is 8.57. The molecule has 7 heteroatoms. The summed E-state index contributed by atoms with van der Waals surface area (Å²) in [6, 6.07) is 17.4. The maximum Gasteiger partial charge on any atom is 0.358 e. The number of rotatable bonds is 4. The van der Waals surface area contributed by atoms with E-state index in [4.69, 9.17) is 0 Å². The van der Waals surface area contributed by atoms with Gasteiger partial charge >= 0.3 is 11.2 Å². The van der Waals surface area contributed by atoms with Gasteiger partial charge in [0.1, 0.15) is 5.69 Å². The highest BCUT2D eigenvalue weighted by atomic mass is 16.6. The van der Waals surface area contributed by atoms with Crippen LogP contribution in [0.4, 0.5) is 11.4 Å². The maximum atomic E-state index is 13.5. The Bertz CT molecular complexity index is 1160. The number of quaternary nitrogens is 1. The van der Waals surface area contributed by atoms with E-state index >= 15 is 0 Å². The van der Waals surface area contributed by atoms with Crippen molar-refractivity contribution in [3.05, 3.63) is 75.1 Å². The van der Waals surface area contributed by atoms with Crippen LogP contribution in [0.1, 0.15) is 25.7 Å². The molecule has 7 nitrogen and oxygen atoms in total. The van der Waals surface area contributed by atoms with Crippen LogP contribution >= 0.6 is 0 Å². The highest BCUT2D eigenvalue weighted by molar-refractivity contribution is 5.97. The Labute approximate surface area is 180 Å². The third-order valence-corrected chi connectivity index (χ3v) is 6.88. The number of para-hydroxylation sites is 2. The lowest BCUT2D eigenvalue weighted by Crippen LogP contribution is -3.18. The summed E-state index contributed by atoms with van der Waals surface area (Å²) >= 11 is 0. The van der Waals surface area contributed by atoms with Crippen LogP contribution in [0.3, 0.4) is 0 Å². The molecule has 1 saturated heterocycles. The smallest absolute Gasteiger partial charge is 0.354 e. The molecule has 1 aliphatic heterocycles. The molecular weight excluding hydrogens is 392 g/mol. The predicted molar refractivity (Wildman–Crippen MR) is 121 cm³/mol. The molecule has 31 heavy (non-hydrogen) atoms. The minimum atomic E-state index is -0.574. The fourth-order valence-corrected chi connectivity index (χ4v) is 5.39. The van der Waals surface area contributed by atoms with Crippen molar-refractivity contribution < 1.29 is 9.82 Å². The number of hydrogen-bond acceptors (Lipinski definition) is 4. The van der Waals surface area contributed by atoms with Crippen LogP contribution in [-0.2, 0) is 0 Å². The van der Waals surface area contributed by atoms with E-state index < -0.39 is 10.5 Å². The fourth-order valence-electron chi connectivity index (χ4n) is 5.39. The number of benzene rings is 2. The summed E-state index contributed by atoms with van der Waals surface area (Å²) in [6.45, 7) is 3.37. The quantitative estimate of drug-likeness (QED) is 0.521. The SMILES string of the molecule is O=c1c([N+](=O)[O-])c(N2CC[NH+](C3CCCC3)CC2)c2ccccc2n1-c1ccccc1. The van der Waals surface area contributed by atoms with Gasteiger partial charge in [-0.15, -0.1) is 0 Å². The number of nitro groups is 1. The minimum absolute atomic E-state index is 0.327. The second kappa shape index (κ2) is 8.15. The third kappa shape index (κ3) is 3.49. The number of nitrogens with one attached hydrogen (secondary N) is 1. The zero-order chi connectivity index (χ0) is 21.4. The van der Waals surface area contributed by atoms with Gasteiger partial charge in [0, 0.05) is 11.1 Å². The number of hydrogen-bond donors (Lipinski definition) is 1. The van der Waals surface area contributed by atoms with Gasteiger partial charge in [0.2, 0.25) is 0 Å². The average molecular weight is 420 g/mol. The zero-order valence-corrected chi connectivity index (χ0v) is 17.5. The minimum Gasteiger partial charge on any atom is -0.354 e. The van der Waals surface area contributed by atoms with Crippen molar-refractivity contribution in [2.45, 2.75) is 31.7 Å². The molecule has 1 saturated carbocycles. The van der Waals surface area contributed by atoms with E-state index in [-0.39, 0.29) is 5.69 Å². The van der Waals surface area contributed by atoms with E-state index in [0.717, 1.165) is 37.6 Å². The summed E-state index contributed by atoms with van der Waals surface area (Å²) in [5, 5.41) is 12.9. The summed E-state index contributed by atoms with van der Waals surface area (Å²) < 4.78 is 1.47. The Balaban J connectivity index is 1.63. The van der Waals surface area contributed by atoms with Crippen molar-refractivity contribution in [3.8, 4) is 5.69 Å². The van der Waals surface area contributed by atoms with Crippen LogP contribution in [0.5, 0.6) is 0 Å². The fraction of sp³-hybridized carbons (Fsp3) is 0.375. The molecule has 0 spiro atoms. The summed E-state index contributed by atoms with van der Waals surface area (Å²) in [4.78, 5) is 28.8. The molecule has 1 aliphatic carbocycles. The summed E-state index contributed by atoms with van der Waals surface area (Å²) in [7, 11) is 0. The van der Waals surface area contributed by atoms with Crippen LogP contribution in [0.25, 0.3) is 16.6 Å². The van der Waals surface area contributed by atoms with Crippen molar-refractivity contribution >= 4 is 22.3 Å². The molecule has 0 amide bonds. The molecule has 0 unspecified atom stereocenters. The lowest BCUT2D eigenvalue weighted by Gasteiger charge is -2.36. The Kier molecular flexibility index (Phi) is 5.19. The van der Waals surface area contributed by atoms with Gasteiger partial charge < -0.3 is 9.80 Å². The Hall–Kier alpha value is -3.19. The molecule has 1 N–H and O–H groups in total. The number of fused-ring (bicyclic) bond motifs is 1. The summed E-state index contributed by atoms with van der Waals surface area (Å²) in [6.07, 6.45) is 5.19. The number of pyridine rings is 1. The number of nitrogens with zero attached hydrogens (tertiary/aromatic N) is 3. The second-order valence-electron chi connectivity index (χ2n) is 8.57. The van der Waals surface area contributed by atoms with Crippen LogP contribution in [0.2, 0.25) is 0 Å². The monoisotopic (exact) mass is 419 g/mol. The molecule has 2 aliphatic rings. The predicted octanol–water partition coefficient (Wildman–Crippen LogP) is 2.55. The van der Waals surface area contributed by atoms with E-state index in [1.807, 2.05) is 42.5 Å². The first kappa shape index (κ1) is 19.8. The first-order valence-corrected chi connectivity index (χ1v) is 11.1. The Morgan fingerprint density at radius 3 is 2.26 bits per heavy atom. The van der Waals surface area contributed by atoms with Crippen LogP contribution in [0.15, 0.2) is 59.4 Å². The lowest BCUT2D eigenvalue weighted by atomic mass is 10.1. The molecule has 5 rings (SSSR count). The lowest BCUT2D eigenvalue weighted by molar-refractivity contribution is -0.925. The molecule has 0 radical (unpaired) electrons. The molecule has 2 aromatic carbocycles. The zero-order valence-electron chi connectivity index (χ0n) is 17.5. The number of anilines is 1. The summed E-state index contributed by atoms with van der Waals surface area (Å²) in [5.74, 6) is 0. The van der Waals surface area contributed by atoms with Gasteiger partial charge in [-0.25, -0.2) is 0 Å². The van der Waals surface area contributed by atoms with Crippen LogP contribution < -0.4 is 15.4 Å². The molecule has 2 heterocycles. The normalized spacial score (nSPS) is 18.0. The Morgan fingerprint density at radius 2 is 1.58 bits per heavy atom. The van der Waals surface area contributed by atoms with Gasteiger partial charge in [0.25, 0.3) is 0 Å². The Morgan fingerprint density at radius 1 is 0.935 bits per heavy atom. The van der Waals surface area contributed by atoms with Crippen molar-refractivity contribution in [1.82, 2.24) is 4.57 Å². The first-order valence-electron chi connectivity index (χ1n) is 11.1. The van der Waals surface area contributed by atoms with E-state index in [1.54, 1.807) is 17.0 Å². The van der Waals surface area contributed by atoms with Gasteiger partial charge in [-0.3, -0.25) is 19.5 Å². The van der Waals surface area contributed by atoms with Gasteiger partial charge in [-0.1, -0.05) is 36.4 Å². The largest absolute Gasteiger partial charge is 0.358 e.